The van der Waals surface area contributed by atoms with Crippen molar-refractivity contribution in [3.8, 4) is 0 Å². The molecule has 2 N–H and O–H groups in total. The number of aliphatic hydroxyl groups is 1. The number of urea groups is 1. The molecule has 0 spiro atoms. The molecule has 1 aliphatic rings. The van der Waals surface area contributed by atoms with Gasteiger partial charge in [-0.1, -0.05) is 24.6 Å². The molecule has 1 aromatic carbocycles. The summed E-state index contributed by atoms with van der Waals surface area (Å²) in [5.41, 5.74) is -0.387. The molecular formula is C16H21F3N2O2. The van der Waals surface area contributed by atoms with Crippen LogP contribution in [-0.4, -0.2) is 42.3 Å². The van der Waals surface area contributed by atoms with Crippen molar-refractivity contribution in [3.63, 3.8) is 0 Å². The standard InChI is InChI=1S/C16H21F3N2O2/c1-21(9-10-22)15(23)20-14-8-4-6-12(14)11-5-2-3-7-13(11)16(17,18)19/h2-3,5,7,12,14,22H,4,6,8-10H2,1H3,(H,20,23)/t12-,14-/m1/s1. The van der Waals surface area contributed by atoms with Crippen LogP contribution in [0.4, 0.5) is 18.0 Å². The van der Waals surface area contributed by atoms with E-state index in [9.17, 15) is 18.0 Å². The fraction of sp³-hybridized carbons (Fsp3) is 0.562. The smallest absolute Gasteiger partial charge is 0.395 e. The van der Waals surface area contributed by atoms with E-state index in [1.165, 1.54) is 17.0 Å². The Balaban J connectivity index is 2.18. The van der Waals surface area contributed by atoms with Crippen LogP contribution < -0.4 is 5.32 Å². The monoisotopic (exact) mass is 330 g/mol. The highest BCUT2D eigenvalue weighted by Gasteiger charge is 2.38. The normalized spacial score (nSPS) is 21.3. The van der Waals surface area contributed by atoms with E-state index >= 15 is 0 Å². The third kappa shape index (κ3) is 4.16. The van der Waals surface area contributed by atoms with E-state index in [4.69, 9.17) is 5.11 Å². The van der Waals surface area contributed by atoms with Gasteiger partial charge in [0.1, 0.15) is 0 Å². The van der Waals surface area contributed by atoms with Crippen LogP contribution in [0.3, 0.4) is 0 Å². The Kier molecular flexibility index (Phi) is 5.51. The number of alkyl halides is 3. The highest BCUT2D eigenvalue weighted by atomic mass is 19.4. The van der Waals surface area contributed by atoms with Gasteiger partial charge in [-0.3, -0.25) is 0 Å². The molecule has 0 unspecified atom stereocenters. The van der Waals surface area contributed by atoms with Gasteiger partial charge in [-0.2, -0.15) is 13.2 Å². The first-order chi connectivity index (χ1) is 10.8. The Morgan fingerprint density at radius 1 is 1.35 bits per heavy atom. The van der Waals surface area contributed by atoms with Crippen LogP contribution >= 0.6 is 0 Å². The number of carbonyl (C=O) groups is 1. The summed E-state index contributed by atoms with van der Waals surface area (Å²) in [5.74, 6) is -0.348. The SMILES string of the molecule is CN(CCO)C(=O)N[C@@H]1CCC[C@@H]1c1ccccc1C(F)(F)F. The molecule has 128 valence electrons. The average Bonchev–Trinajstić information content (AvgIpc) is 2.94. The Labute approximate surface area is 133 Å². The van der Waals surface area contributed by atoms with Gasteiger partial charge in [0.2, 0.25) is 0 Å². The minimum Gasteiger partial charge on any atom is -0.395 e. The topological polar surface area (TPSA) is 52.6 Å². The summed E-state index contributed by atoms with van der Waals surface area (Å²) in [6.45, 7) is 0.0251. The van der Waals surface area contributed by atoms with Gasteiger partial charge in [0.05, 0.1) is 12.2 Å². The Hall–Kier alpha value is -1.76. The van der Waals surface area contributed by atoms with Crippen molar-refractivity contribution in [3.05, 3.63) is 35.4 Å². The molecule has 0 heterocycles. The van der Waals surface area contributed by atoms with Crippen molar-refractivity contribution in [1.29, 1.82) is 0 Å². The molecule has 1 aliphatic carbocycles. The number of likely N-dealkylation sites (N-methyl/N-ethyl adjacent to an activating group) is 1. The number of rotatable bonds is 4. The molecule has 0 aromatic heterocycles. The molecule has 0 bridgehead atoms. The number of halogens is 3. The molecular weight excluding hydrogens is 309 g/mol. The second-order valence-electron chi connectivity index (χ2n) is 5.82. The first-order valence-corrected chi connectivity index (χ1v) is 7.63. The number of amides is 2. The van der Waals surface area contributed by atoms with Crippen LogP contribution in [0.25, 0.3) is 0 Å². The summed E-state index contributed by atoms with van der Waals surface area (Å²) in [6.07, 6.45) is -2.37. The number of aliphatic hydroxyl groups excluding tert-OH is 1. The maximum atomic E-state index is 13.2. The van der Waals surface area contributed by atoms with Crippen molar-refractivity contribution < 1.29 is 23.1 Å². The zero-order valence-electron chi connectivity index (χ0n) is 12.9. The fourth-order valence-corrected chi connectivity index (χ4v) is 3.10. The van der Waals surface area contributed by atoms with Gasteiger partial charge in [-0.15, -0.1) is 0 Å². The van der Waals surface area contributed by atoms with E-state index in [1.54, 1.807) is 13.1 Å². The van der Waals surface area contributed by atoms with Gasteiger partial charge < -0.3 is 15.3 Å². The minimum atomic E-state index is -4.40. The third-order valence-electron chi connectivity index (χ3n) is 4.27. The van der Waals surface area contributed by atoms with E-state index in [2.05, 4.69) is 5.32 Å². The van der Waals surface area contributed by atoms with Crippen LogP contribution in [-0.2, 0) is 6.18 Å². The quantitative estimate of drug-likeness (QED) is 0.892. The van der Waals surface area contributed by atoms with E-state index < -0.39 is 11.7 Å². The zero-order valence-corrected chi connectivity index (χ0v) is 12.9. The molecule has 23 heavy (non-hydrogen) atoms. The Morgan fingerprint density at radius 3 is 2.70 bits per heavy atom. The van der Waals surface area contributed by atoms with Crippen LogP contribution in [0.5, 0.6) is 0 Å². The predicted molar refractivity (Wildman–Crippen MR) is 80.1 cm³/mol. The van der Waals surface area contributed by atoms with E-state index in [-0.39, 0.29) is 36.7 Å². The van der Waals surface area contributed by atoms with Gasteiger partial charge in [-0.05, 0) is 24.5 Å². The van der Waals surface area contributed by atoms with E-state index in [1.807, 2.05) is 0 Å². The van der Waals surface area contributed by atoms with E-state index in [0.717, 1.165) is 12.5 Å². The molecule has 2 amide bonds. The van der Waals surface area contributed by atoms with Crippen molar-refractivity contribution in [1.82, 2.24) is 10.2 Å². The number of carbonyl (C=O) groups excluding carboxylic acids is 1. The maximum Gasteiger partial charge on any atom is 0.416 e. The first-order valence-electron chi connectivity index (χ1n) is 7.63. The van der Waals surface area contributed by atoms with Gasteiger partial charge in [0.15, 0.2) is 0 Å². The Morgan fingerprint density at radius 2 is 2.04 bits per heavy atom. The molecule has 0 radical (unpaired) electrons. The van der Waals surface area contributed by atoms with Crippen LogP contribution in [0.15, 0.2) is 24.3 Å². The molecule has 1 fully saturated rings. The summed E-state index contributed by atoms with van der Waals surface area (Å²) >= 11 is 0. The van der Waals surface area contributed by atoms with Gasteiger partial charge in [0, 0.05) is 25.6 Å². The van der Waals surface area contributed by atoms with Gasteiger partial charge in [-0.25, -0.2) is 4.79 Å². The molecule has 7 heteroatoms. The highest BCUT2D eigenvalue weighted by Crippen LogP contribution is 2.41. The number of nitrogens with zero attached hydrogens (tertiary/aromatic N) is 1. The number of hydrogen-bond acceptors (Lipinski definition) is 2. The zero-order chi connectivity index (χ0) is 17.0. The highest BCUT2D eigenvalue weighted by molar-refractivity contribution is 5.74. The predicted octanol–water partition coefficient (Wildman–Crippen LogP) is 2.98. The number of hydrogen-bond donors (Lipinski definition) is 2. The van der Waals surface area contributed by atoms with Crippen LogP contribution in [0, 0.1) is 0 Å². The second-order valence-corrected chi connectivity index (χ2v) is 5.82. The van der Waals surface area contributed by atoms with Gasteiger partial charge >= 0.3 is 12.2 Å². The van der Waals surface area contributed by atoms with Crippen molar-refractivity contribution in [2.24, 2.45) is 0 Å². The maximum absolute atomic E-state index is 13.2. The Bertz CT molecular complexity index is 548. The third-order valence-corrected chi connectivity index (χ3v) is 4.27. The lowest BCUT2D eigenvalue weighted by molar-refractivity contribution is -0.138. The van der Waals surface area contributed by atoms with Crippen molar-refractivity contribution in [2.75, 3.05) is 20.2 Å². The lowest BCUT2D eigenvalue weighted by Crippen LogP contribution is -2.45. The average molecular weight is 330 g/mol. The van der Waals surface area contributed by atoms with E-state index in [0.29, 0.717) is 12.8 Å². The number of benzene rings is 1. The summed E-state index contributed by atoms with van der Waals surface area (Å²) in [5, 5.41) is 11.7. The second kappa shape index (κ2) is 7.21. The summed E-state index contributed by atoms with van der Waals surface area (Å²) < 4.78 is 39.6. The molecule has 2 atom stereocenters. The molecule has 4 nitrogen and oxygen atoms in total. The summed E-state index contributed by atoms with van der Waals surface area (Å²) in [4.78, 5) is 13.4. The summed E-state index contributed by atoms with van der Waals surface area (Å²) in [7, 11) is 1.54. The largest absolute Gasteiger partial charge is 0.416 e. The van der Waals surface area contributed by atoms with Crippen molar-refractivity contribution >= 4 is 6.03 Å². The molecule has 2 rings (SSSR count). The fourth-order valence-electron chi connectivity index (χ4n) is 3.10. The first kappa shape index (κ1) is 17.6. The number of nitrogens with one attached hydrogen (secondary N) is 1. The van der Waals surface area contributed by atoms with Crippen LogP contribution in [0.1, 0.15) is 36.3 Å². The van der Waals surface area contributed by atoms with Crippen molar-refractivity contribution in [2.45, 2.75) is 37.4 Å². The van der Waals surface area contributed by atoms with Gasteiger partial charge in [0.25, 0.3) is 0 Å². The lowest BCUT2D eigenvalue weighted by atomic mass is 9.90. The molecule has 0 aliphatic heterocycles. The lowest BCUT2D eigenvalue weighted by Gasteiger charge is -2.26. The minimum absolute atomic E-state index is 0.158. The molecule has 1 saturated carbocycles. The van der Waals surface area contributed by atoms with Crippen LogP contribution in [0.2, 0.25) is 0 Å². The molecule has 0 saturated heterocycles. The summed E-state index contributed by atoms with van der Waals surface area (Å²) in [6, 6.07) is 4.86. The molecule has 1 aromatic rings.